The second kappa shape index (κ2) is 4.67. The highest BCUT2D eigenvalue weighted by molar-refractivity contribution is 7.79. The third-order valence-corrected chi connectivity index (χ3v) is 1.61. The lowest BCUT2D eigenvalue weighted by Gasteiger charge is -1.83. The van der Waals surface area contributed by atoms with Crippen molar-refractivity contribution in [3.8, 4) is 0 Å². The molecular weight excluding hydrogens is 184 g/mol. The van der Waals surface area contributed by atoms with Crippen LogP contribution in [0.2, 0.25) is 0 Å². The van der Waals surface area contributed by atoms with Crippen molar-refractivity contribution >= 4 is 29.8 Å². The van der Waals surface area contributed by atoms with Gasteiger partial charge in [-0.25, -0.2) is 0 Å². The van der Waals surface area contributed by atoms with E-state index in [2.05, 4.69) is 22.8 Å². The Labute approximate surface area is 81.6 Å². The molecule has 0 bridgehead atoms. The van der Waals surface area contributed by atoms with Gasteiger partial charge in [-0.3, -0.25) is 9.89 Å². The fraction of sp³-hybridized carbons (Fsp3) is 0.111. The number of nitrogens with one attached hydrogen (secondary N) is 1. The zero-order valence-corrected chi connectivity index (χ0v) is 8.08. The van der Waals surface area contributed by atoms with Gasteiger partial charge in [0, 0.05) is 5.39 Å². The van der Waals surface area contributed by atoms with Crippen molar-refractivity contribution < 1.29 is 4.79 Å². The molecule has 1 aromatic heterocycles. The van der Waals surface area contributed by atoms with Crippen LogP contribution in [0.3, 0.4) is 0 Å². The molecule has 4 heteroatoms. The summed E-state index contributed by atoms with van der Waals surface area (Å²) in [6, 6.07) is 7.49. The van der Waals surface area contributed by atoms with Gasteiger partial charge in [-0.2, -0.15) is 17.7 Å². The number of nitrogens with zero attached hydrogens (tertiary/aromatic N) is 1. The van der Waals surface area contributed by atoms with E-state index in [1.165, 1.54) is 0 Å². The molecule has 3 nitrogen and oxygen atoms in total. The minimum atomic E-state index is 0.542. The van der Waals surface area contributed by atoms with E-state index >= 15 is 0 Å². The third kappa shape index (κ3) is 1.89. The first-order valence-electron chi connectivity index (χ1n) is 3.75. The SMILES string of the molecule is CS.O=Cc1[nH]nc2ccccc12. The maximum atomic E-state index is 10.4. The Morgan fingerprint density at radius 3 is 2.77 bits per heavy atom. The monoisotopic (exact) mass is 194 g/mol. The molecule has 2 aromatic rings. The second-order valence-electron chi connectivity index (χ2n) is 2.27. The number of aromatic amines is 1. The summed E-state index contributed by atoms with van der Waals surface area (Å²) in [6.07, 6.45) is 2.47. The topological polar surface area (TPSA) is 45.8 Å². The molecule has 1 N–H and O–H groups in total. The Kier molecular flexibility index (Phi) is 3.52. The molecule has 1 heterocycles. The predicted molar refractivity (Wildman–Crippen MR) is 56.4 cm³/mol. The maximum Gasteiger partial charge on any atom is 0.168 e. The van der Waals surface area contributed by atoms with Gasteiger partial charge in [0.05, 0.1) is 5.52 Å². The highest BCUT2D eigenvalue weighted by Gasteiger charge is 2.00. The number of H-pyrrole nitrogens is 1. The smallest absolute Gasteiger partial charge is 0.168 e. The lowest BCUT2D eigenvalue weighted by atomic mass is 10.2. The molecule has 0 radical (unpaired) electrons. The van der Waals surface area contributed by atoms with Crippen molar-refractivity contribution in [1.82, 2.24) is 10.2 Å². The lowest BCUT2D eigenvalue weighted by molar-refractivity contribution is 0.112. The van der Waals surface area contributed by atoms with Crippen molar-refractivity contribution in [2.45, 2.75) is 0 Å². The van der Waals surface area contributed by atoms with Crippen molar-refractivity contribution in [2.75, 3.05) is 6.26 Å². The largest absolute Gasteiger partial charge is 0.296 e. The van der Waals surface area contributed by atoms with Crippen LogP contribution in [0.15, 0.2) is 24.3 Å². The summed E-state index contributed by atoms with van der Waals surface area (Å²) >= 11 is 3.53. The Hall–Kier alpha value is -1.29. The molecule has 0 atom stereocenters. The molecule has 68 valence electrons. The van der Waals surface area contributed by atoms with Crippen molar-refractivity contribution in [2.24, 2.45) is 0 Å². The van der Waals surface area contributed by atoms with Gasteiger partial charge in [0.1, 0.15) is 5.69 Å². The van der Waals surface area contributed by atoms with Gasteiger partial charge in [0.15, 0.2) is 6.29 Å². The number of carbonyl (C=O) groups excluding carboxylic acids is 1. The van der Waals surface area contributed by atoms with E-state index in [4.69, 9.17) is 0 Å². The summed E-state index contributed by atoms with van der Waals surface area (Å²) in [6.45, 7) is 0. The molecule has 0 aliphatic heterocycles. The number of aldehydes is 1. The molecule has 0 aliphatic rings. The van der Waals surface area contributed by atoms with E-state index in [1.807, 2.05) is 24.3 Å². The highest BCUT2D eigenvalue weighted by atomic mass is 32.1. The highest BCUT2D eigenvalue weighted by Crippen LogP contribution is 2.12. The van der Waals surface area contributed by atoms with E-state index in [0.717, 1.165) is 17.2 Å². The average Bonchev–Trinajstić information content (AvgIpc) is 2.64. The van der Waals surface area contributed by atoms with Crippen LogP contribution in [0.25, 0.3) is 10.9 Å². The van der Waals surface area contributed by atoms with E-state index in [0.29, 0.717) is 5.69 Å². The van der Waals surface area contributed by atoms with Gasteiger partial charge in [0.25, 0.3) is 0 Å². The van der Waals surface area contributed by atoms with Crippen LogP contribution in [-0.2, 0) is 0 Å². The van der Waals surface area contributed by atoms with Crippen molar-refractivity contribution in [1.29, 1.82) is 0 Å². The fourth-order valence-corrected chi connectivity index (χ4v) is 1.07. The van der Waals surface area contributed by atoms with Gasteiger partial charge in [-0.15, -0.1) is 0 Å². The number of rotatable bonds is 1. The molecule has 0 saturated heterocycles. The summed E-state index contributed by atoms with van der Waals surface area (Å²) in [7, 11) is 0. The molecule has 0 amide bonds. The Morgan fingerprint density at radius 2 is 2.08 bits per heavy atom. The number of hydrogen-bond donors (Lipinski definition) is 2. The van der Waals surface area contributed by atoms with Crippen LogP contribution in [0.5, 0.6) is 0 Å². The first-order chi connectivity index (χ1) is 6.42. The molecule has 13 heavy (non-hydrogen) atoms. The number of aromatic nitrogens is 2. The van der Waals surface area contributed by atoms with Gasteiger partial charge in [-0.1, -0.05) is 18.2 Å². The fourth-order valence-electron chi connectivity index (χ4n) is 1.07. The van der Waals surface area contributed by atoms with Crippen LogP contribution in [0, 0.1) is 0 Å². The molecule has 0 saturated carbocycles. The van der Waals surface area contributed by atoms with Crippen LogP contribution in [0.4, 0.5) is 0 Å². The summed E-state index contributed by atoms with van der Waals surface area (Å²) in [5.41, 5.74) is 1.37. The van der Waals surface area contributed by atoms with Crippen molar-refractivity contribution in [3.63, 3.8) is 0 Å². The molecule has 0 unspecified atom stereocenters. The normalized spacial score (nSPS) is 9.08. The minimum absolute atomic E-state index is 0.542. The maximum absolute atomic E-state index is 10.4. The Balaban J connectivity index is 0.000000396. The standard InChI is InChI=1S/C8H6N2O.CH4S/c11-5-8-6-3-1-2-4-7(6)9-10-8;1-2/h1-5H,(H,9,10);2H,1H3. The number of thiol groups is 1. The van der Waals surface area contributed by atoms with E-state index < -0.39 is 0 Å². The average molecular weight is 194 g/mol. The van der Waals surface area contributed by atoms with Crippen LogP contribution in [0.1, 0.15) is 10.5 Å². The molecule has 2 rings (SSSR count). The van der Waals surface area contributed by atoms with Gasteiger partial charge in [0.2, 0.25) is 0 Å². The van der Waals surface area contributed by atoms with E-state index in [1.54, 1.807) is 6.26 Å². The Morgan fingerprint density at radius 1 is 1.38 bits per heavy atom. The summed E-state index contributed by atoms with van der Waals surface area (Å²) < 4.78 is 0. The van der Waals surface area contributed by atoms with Crippen molar-refractivity contribution in [3.05, 3.63) is 30.0 Å². The van der Waals surface area contributed by atoms with Crippen LogP contribution < -0.4 is 0 Å². The minimum Gasteiger partial charge on any atom is -0.296 e. The predicted octanol–water partition coefficient (Wildman–Crippen LogP) is 1.92. The number of carbonyl (C=O) groups is 1. The summed E-state index contributed by atoms with van der Waals surface area (Å²) in [5.74, 6) is 0. The molecular formula is C9H10N2OS. The third-order valence-electron chi connectivity index (χ3n) is 1.61. The van der Waals surface area contributed by atoms with E-state index in [9.17, 15) is 4.79 Å². The first kappa shape index (κ1) is 9.80. The van der Waals surface area contributed by atoms with Gasteiger partial charge >= 0.3 is 0 Å². The second-order valence-corrected chi connectivity index (χ2v) is 2.27. The Bertz CT molecular complexity index is 397. The molecule has 1 aromatic carbocycles. The zero-order chi connectivity index (χ0) is 9.68. The molecule has 0 aliphatic carbocycles. The van der Waals surface area contributed by atoms with Crippen LogP contribution in [-0.4, -0.2) is 22.7 Å². The van der Waals surface area contributed by atoms with Gasteiger partial charge < -0.3 is 0 Å². The van der Waals surface area contributed by atoms with E-state index in [-0.39, 0.29) is 0 Å². The zero-order valence-electron chi connectivity index (χ0n) is 7.19. The molecule has 0 fully saturated rings. The van der Waals surface area contributed by atoms with Crippen LogP contribution >= 0.6 is 12.6 Å². The number of para-hydroxylation sites is 1. The van der Waals surface area contributed by atoms with Gasteiger partial charge in [-0.05, 0) is 12.3 Å². The molecule has 0 spiro atoms. The summed E-state index contributed by atoms with van der Waals surface area (Å²) in [5, 5.41) is 7.46. The number of hydrogen-bond acceptors (Lipinski definition) is 3. The quantitative estimate of drug-likeness (QED) is 0.538. The lowest BCUT2D eigenvalue weighted by Crippen LogP contribution is -1.77. The number of fused-ring (bicyclic) bond motifs is 1. The summed E-state index contributed by atoms with van der Waals surface area (Å²) in [4.78, 5) is 10.4. The number of benzene rings is 1. The first-order valence-corrected chi connectivity index (χ1v) is 4.64.